The van der Waals surface area contributed by atoms with Crippen molar-refractivity contribution in [3.05, 3.63) is 69.6 Å². The molecule has 1 atom stereocenters. The molecule has 1 fully saturated rings. The molecule has 0 radical (unpaired) electrons. The molecule has 3 aromatic rings. The number of imidazole rings is 1. The molecule has 0 saturated carbocycles. The van der Waals surface area contributed by atoms with Crippen LogP contribution in [0.15, 0.2) is 47.3 Å². The summed E-state index contributed by atoms with van der Waals surface area (Å²) in [5.74, 6) is 0.00936. The molecule has 1 aliphatic rings. The molecule has 2 aromatic carbocycles. The Morgan fingerprint density at radius 2 is 1.74 bits per heavy atom. The molecule has 5 nitrogen and oxygen atoms in total. The summed E-state index contributed by atoms with van der Waals surface area (Å²) in [5, 5.41) is 0. The predicted octanol–water partition coefficient (Wildman–Crippen LogP) is 3.32. The van der Waals surface area contributed by atoms with Gasteiger partial charge in [0, 0.05) is 13.6 Å². The van der Waals surface area contributed by atoms with Gasteiger partial charge in [0.1, 0.15) is 6.54 Å². The lowest BCUT2D eigenvalue weighted by Gasteiger charge is -2.26. The third-order valence-corrected chi connectivity index (χ3v) is 5.55. The molecule has 1 aliphatic heterocycles. The van der Waals surface area contributed by atoms with Gasteiger partial charge in [0.25, 0.3) is 0 Å². The van der Waals surface area contributed by atoms with Crippen molar-refractivity contribution in [1.29, 1.82) is 0 Å². The molecule has 0 N–H and O–H groups in total. The molecule has 27 heavy (non-hydrogen) atoms. The van der Waals surface area contributed by atoms with Crippen molar-refractivity contribution in [1.82, 2.24) is 14.0 Å². The van der Waals surface area contributed by atoms with E-state index in [1.165, 1.54) is 16.7 Å². The Kier molecular flexibility index (Phi) is 4.38. The lowest BCUT2D eigenvalue weighted by molar-refractivity contribution is -0.132. The number of likely N-dealkylation sites (tertiary alicyclic amines) is 1. The first kappa shape index (κ1) is 17.6. The highest BCUT2D eigenvalue weighted by molar-refractivity contribution is 5.81. The molecule has 4 rings (SSSR count). The topological polar surface area (TPSA) is 47.2 Å². The predicted molar refractivity (Wildman–Crippen MR) is 107 cm³/mol. The molecule has 0 spiro atoms. The van der Waals surface area contributed by atoms with Gasteiger partial charge >= 0.3 is 5.69 Å². The third kappa shape index (κ3) is 3.07. The van der Waals surface area contributed by atoms with Gasteiger partial charge in [-0.2, -0.15) is 0 Å². The van der Waals surface area contributed by atoms with E-state index in [2.05, 4.69) is 32.0 Å². The SMILES string of the molecule is Cc1cc(C)cc(C2CCCN2C(=O)Cn2c(=O)n(C)c3ccccc32)c1. The Balaban J connectivity index is 1.65. The van der Waals surface area contributed by atoms with Crippen LogP contribution in [0.3, 0.4) is 0 Å². The Morgan fingerprint density at radius 3 is 2.44 bits per heavy atom. The van der Waals surface area contributed by atoms with E-state index in [4.69, 9.17) is 0 Å². The average molecular weight is 363 g/mol. The monoisotopic (exact) mass is 363 g/mol. The van der Waals surface area contributed by atoms with E-state index in [-0.39, 0.29) is 24.2 Å². The van der Waals surface area contributed by atoms with Crippen LogP contribution in [-0.2, 0) is 18.4 Å². The number of hydrogen-bond acceptors (Lipinski definition) is 2. The van der Waals surface area contributed by atoms with E-state index in [9.17, 15) is 9.59 Å². The van der Waals surface area contributed by atoms with Crippen molar-refractivity contribution in [2.45, 2.75) is 39.3 Å². The summed E-state index contributed by atoms with van der Waals surface area (Å²) in [4.78, 5) is 27.7. The van der Waals surface area contributed by atoms with Gasteiger partial charge in [0.2, 0.25) is 5.91 Å². The minimum atomic E-state index is -0.147. The molecule has 2 heterocycles. The second kappa shape index (κ2) is 6.72. The van der Waals surface area contributed by atoms with Gasteiger partial charge in [0.05, 0.1) is 17.1 Å². The lowest BCUT2D eigenvalue weighted by atomic mass is 9.99. The fourth-order valence-corrected chi connectivity index (χ4v) is 4.36. The van der Waals surface area contributed by atoms with Gasteiger partial charge in [0.15, 0.2) is 0 Å². The molecule has 0 bridgehead atoms. The summed E-state index contributed by atoms with van der Waals surface area (Å²) < 4.78 is 3.20. The second-order valence-electron chi connectivity index (χ2n) is 7.58. The molecule has 5 heteroatoms. The van der Waals surface area contributed by atoms with E-state index in [0.29, 0.717) is 0 Å². The number of aryl methyl sites for hydroxylation is 3. The number of hydrogen-bond donors (Lipinski definition) is 0. The summed E-state index contributed by atoms with van der Waals surface area (Å²) in [6.07, 6.45) is 1.97. The fourth-order valence-electron chi connectivity index (χ4n) is 4.36. The van der Waals surface area contributed by atoms with E-state index in [0.717, 1.165) is 30.4 Å². The summed E-state index contributed by atoms with van der Waals surface area (Å²) in [6.45, 7) is 5.01. The number of nitrogens with zero attached hydrogens (tertiary/aromatic N) is 3. The lowest BCUT2D eigenvalue weighted by Crippen LogP contribution is -2.36. The van der Waals surface area contributed by atoms with Crippen LogP contribution in [0, 0.1) is 13.8 Å². The third-order valence-electron chi connectivity index (χ3n) is 5.55. The van der Waals surface area contributed by atoms with Crippen LogP contribution in [0.4, 0.5) is 0 Å². The number of benzene rings is 2. The molecule has 1 unspecified atom stereocenters. The van der Waals surface area contributed by atoms with Gasteiger partial charge in [-0.25, -0.2) is 4.79 Å². The Bertz CT molecular complexity index is 1060. The van der Waals surface area contributed by atoms with E-state index < -0.39 is 0 Å². The van der Waals surface area contributed by atoms with Gasteiger partial charge in [-0.05, 0) is 44.4 Å². The fraction of sp³-hybridized carbons (Fsp3) is 0.364. The minimum absolute atomic E-state index is 0.00936. The van der Waals surface area contributed by atoms with Crippen LogP contribution in [0.1, 0.15) is 35.6 Å². The minimum Gasteiger partial charge on any atom is -0.334 e. The summed E-state index contributed by atoms with van der Waals surface area (Å²) in [5.41, 5.74) is 5.14. The molecule has 1 aromatic heterocycles. The van der Waals surface area contributed by atoms with Crippen LogP contribution in [-0.4, -0.2) is 26.5 Å². The zero-order chi connectivity index (χ0) is 19.1. The number of carbonyl (C=O) groups excluding carboxylic acids is 1. The van der Waals surface area contributed by atoms with Crippen LogP contribution in [0.25, 0.3) is 11.0 Å². The van der Waals surface area contributed by atoms with Gasteiger partial charge < -0.3 is 4.90 Å². The van der Waals surface area contributed by atoms with Crippen molar-refractivity contribution in [3.63, 3.8) is 0 Å². The maximum absolute atomic E-state index is 13.1. The van der Waals surface area contributed by atoms with E-state index >= 15 is 0 Å². The van der Waals surface area contributed by atoms with Crippen molar-refractivity contribution < 1.29 is 4.79 Å². The van der Waals surface area contributed by atoms with Gasteiger partial charge in [-0.1, -0.05) is 41.5 Å². The Morgan fingerprint density at radius 1 is 1.07 bits per heavy atom. The molecular formula is C22H25N3O2. The quantitative estimate of drug-likeness (QED) is 0.717. The number of amides is 1. The largest absolute Gasteiger partial charge is 0.334 e. The highest BCUT2D eigenvalue weighted by atomic mass is 16.2. The summed E-state index contributed by atoms with van der Waals surface area (Å²) >= 11 is 0. The van der Waals surface area contributed by atoms with Crippen LogP contribution >= 0.6 is 0 Å². The zero-order valence-corrected chi connectivity index (χ0v) is 16.1. The number of para-hydroxylation sites is 2. The van der Waals surface area contributed by atoms with Gasteiger partial charge in [-0.15, -0.1) is 0 Å². The molecule has 1 saturated heterocycles. The van der Waals surface area contributed by atoms with E-state index in [1.807, 2.05) is 29.2 Å². The second-order valence-corrected chi connectivity index (χ2v) is 7.58. The van der Waals surface area contributed by atoms with Crippen molar-refractivity contribution in [2.24, 2.45) is 7.05 Å². The normalized spacial score (nSPS) is 17.0. The van der Waals surface area contributed by atoms with Crippen molar-refractivity contribution in [3.8, 4) is 0 Å². The molecular weight excluding hydrogens is 338 g/mol. The number of aromatic nitrogens is 2. The van der Waals surface area contributed by atoms with Crippen LogP contribution in [0.2, 0.25) is 0 Å². The average Bonchev–Trinajstić information content (AvgIpc) is 3.21. The van der Waals surface area contributed by atoms with Gasteiger partial charge in [-0.3, -0.25) is 13.9 Å². The molecule has 0 aliphatic carbocycles. The zero-order valence-electron chi connectivity index (χ0n) is 16.1. The number of carbonyl (C=O) groups is 1. The van der Waals surface area contributed by atoms with Crippen molar-refractivity contribution >= 4 is 16.9 Å². The Hall–Kier alpha value is -2.82. The Labute approximate surface area is 158 Å². The molecule has 1 amide bonds. The first-order valence-corrected chi connectivity index (χ1v) is 9.47. The highest BCUT2D eigenvalue weighted by Gasteiger charge is 2.30. The first-order valence-electron chi connectivity index (χ1n) is 9.47. The van der Waals surface area contributed by atoms with Crippen LogP contribution < -0.4 is 5.69 Å². The maximum atomic E-state index is 13.1. The summed E-state index contributed by atoms with van der Waals surface area (Å²) in [6, 6.07) is 14.2. The van der Waals surface area contributed by atoms with Crippen molar-refractivity contribution in [2.75, 3.05) is 6.54 Å². The summed E-state index contributed by atoms with van der Waals surface area (Å²) in [7, 11) is 1.75. The highest BCUT2D eigenvalue weighted by Crippen LogP contribution is 2.33. The smallest absolute Gasteiger partial charge is 0.329 e. The first-order chi connectivity index (χ1) is 13.0. The number of rotatable bonds is 3. The van der Waals surface area contributed by atoms with Crippen LogP contribution in [0.5, 0.6) is 0 Å². The molecule has 140 valence electrons. The standard InChI is InChI=1S/C22H25N3O2/c1-15-11-16(2)13-17(12-15)18-9-6-10-24(18)21(26)14-25-20-8-5-4-7-19(20)23(3)22(25)27/h4-5,7-8,11-13,18H,6,9-10,14H2,1-3H3. The van der Waals surface area contributed by atoms with E-state index in [1.54, 1.807) is 16.2 Å². The maximum Gasteiger partial charge on any atom is 0.329 e. The number of fused-ring (bicyclic) bond motifs is 1.